The normalized spacial score (nSPS) is 24.3. The highest BCUT2D eigenvalue weighted by atomic mass is 16.2. The van der Waals surface area contributed by atoms with Gasteiger partial charge in [-0.05, 0) is 56.2 Å². The van der Waals surface area contributed by atoms with Gasteiger partial charge < -0.3 is 15.1 Å². The van der Waals surface area contributed by atoms with Crippen LogP contribution < -0.4 is 5.32 Å². The summed E-state index contributed by atoms with van der Waals surface area (Å²) in [5.41, 5.74) is 1.71. The average Bonchev–Trinajstić information content (AvgIpc) is 3.66. The highest BCUT2D eigenvalue weighted by molar-refractivity contribution is 5.94. The average molecular weight is 410 g/mol. The predicted octanol–water partition coefficient (Wildman–Crippen LogP) is 2.86. The quantitative estimate of drug-likeness (QED) is 0.753. The van der Waals surface area contributed by atoms with Gasteiger partial charge >= 0.3 is 0 Å². The van der Waals surface area contributed by atoms with Crippen molar-refractivity contribution >= 4 is 17.7 Å². The third-order valence-electron chi connectivity index (χ3n) is 7.03. The number of hydrogen-bond donors (Lipinski definition) is 1. The van der Waals surface area contributed by atoms with Gasteiger partial charge in [0, 0.05) is 43.2 Å². The Labute approximate surface area is 178 Å². The van der Waals surface area contributed by atoms with Crippen LogP contribution in [0.25, 0.3) is 0 Å². The van der Waals surface area contributed by atoms with Crippen molar-refractivity contribution < 1.29 is 14.4 Å². The summed E-state index contributed by atoms with van der Waals surface area (Å²) in [7, 11) is 0. The molecule has 0 spiro atoms. The van der Waals surface area contributed by atoms with Gasteiger partial charge in [-0.25, -0.2) is 0 Å². The molecule has 30 heavy (non-hydrogen) atoms. The molecular formula is C24H31N3O3. The van der Waals surface area contributed by atoms with E-state index in [1.165, 1.54) is 12.8 Å². The van der Waals surface area contributed by atoms with Crippen LogP contribution in [0.1, 0.15) is 73.7 Å². The lowest BCUT2D eigenvalue weighted by Gasteiger charge is -2.27. The number of amides is 3. The van der Waals surface area contributed by atoms with Gasteiger partial charge in [0.2, 0.25) is 11.8 Å². The second-order valence-electron chi connectivity index (χ2n) is 9.53. The van der Waals surface area contributed by atoms with Crippen LogP contribution in [0.15, 0.2) is 24.3 Å². The minimum absolute atomic E-state index is 0.0179. The molecule has 0 aromatic heterocycles. The fourth-order valence-electron chi connectivity index (χ4n) is 4.93. The second kappa shape index (κ2) is 8.05. The molecule has 3 saturated carbocycles. The van der Waals surface area contributed by atoms with E-state index in [4.69, 9.17) is 0 Å². The Hall–Kier alpha value is -2.37. The molecule has 0 unspecified atom stereocenters. The van der Waals surface area contributed by atoms with Crippen molar-refractivity contribution in [2.75, 3.05) is 6.54 Å². The largest absolute Gasteiger partial charge is 0.349 e. The predicted molar refractivity (Wildman–Crippen MR) is 113 cm³/mol. The lowest BCUT2D eigenvalue weighted by Crippen LogP contribution is -2.40. The first-order chi connectivity index (χ1) is 14.6. The Morgan fingerprint density at radius 1 is 1.00 bits per heavy atom. The molecule has 0 bridgehead atoms. The summed E-state index contributed by atoms with van der Waals surface area (Å²) in [5.74, 6) is 0.0573. The molecule has 4 fully saturated rings. The number of carbonyl (C=O) groups excluding carboxylic acids is 3. The Morgan fingerprint density at radius 2 is 1.70 bits per heavy atom. The number of benzene rings is 1. The number of carbonyl (C=O) groups is 3. The zero-order chi connectivity index (χ0) is 20.7. The van der Waals surface area contributed by atoms with Crippen LogP contribution in [0.3, 0.4) is 0 Å². The lowest BCUT2D eigenvalue weighted by atomic mass is 10.1. The molecule has 3 aliphatic carbocycles. The summed E-state index contributed by atoms with van der Waals surface area (Å²) in [6.07, 6.45) is 9.14. The zero-order valence-electron chi connectivity index (χ0n) is 17.5. The van der Waals surface area contributed by atoms with Gasteiger partial charge in [0.1, 0.15) is 0 Å². The van der Waals surface area contributed by atoms with E-state index in [1.54, 1.807) is 0 Å². The van der Waals surface area contributed by atoms with Crippen LogP contribution in [0.4, 0.5) is 0 Å². The molecule has 1 aromatic rings. The smallest absolute Gasteiger partial charge is 0.251 e. The van der Waals surface area contributed by atoms with Crippen molar-refractivity contribution in [3.63, 3.8) is 0 Å². The number of hydrogen-bond acceptors (Lipinski definition) is 3. The van der Waals surface area contributed by atoms with Gasteiger partial charge in [0.15, 0.2) is 0 Å². The molecule has 1 N–H and O–H groups in total. The zero-order valence-corrected chi connectivity index (χ0v) is 17.5. The van der Waals surface area contributed by atoms with Crippen LogP contribution >= 0.6 is 0 Å². The standard InChI is InChI=1S/C24H31N3O3/c28-22-13-18(15-26(22)20-3-1-2-4-20)24(30)27(21-11-12-21)14-16-5-7-17(8-6-16)23(29)25-19-9-10-19/h5-8,18-21H,1-4,9-15H2,(H,25,29)/t18-/m0/s1. The van der Waals surface area contributed by atoms with Crippen LogP contribution in [0.5, 0.6) is 0 Å². The van der Waals surface area contributed by atoms with Gasteiger partial charge in [-0.3, -0.25) is 14.4 Å². The third kappa shape index (κ3) is 4.23. The fourth-order valence-corrected chi connectivity index (χ4v) is 4.93. The van der Waals surface area contributed by atoms with E-state index in [1.807, 2.05) is 34.1 Å². The monoisotopic (exact) mass is 409 g/mol. The van der Waals surface area contributed by atoms with E-state index in [9.17, 15) is 14.4 Å². The SMILES string of the molecule is O=C(NC1CC1)c1ccc(CN(C(=O)[C@H]2CC(=O)N(C3CCCC3)C2)C2CC2)cc1. The van der Waals surface area contributed by atoms with Crippen LogP contribution in [-0.2, 0) is 16.1 Å². The van der Waals surface area contributed by atoms with E-state index in [0.29, 0.717) is 43.2 Å². The number of nitrogens with zero attached hydrogens (tertiary/aromatic N) is 2. The van der Waals surface area contributed by atoms with Crippen LogP contribution in [0.2, 0.25) is 0 Å². The first-order valence-corrected chi connectivity index (χ1v) is 11.6. The van der Waals surface area contributed by atoms with Crippen molar-refractivity contribution in [3.05, 3.63) is 35.4 Å². The highest BCUT2D eigenvalue weighted by Crippen LogP contribution is 2.34. The van der Waals surface area contributed by atoms with Crippen molar-refractivity contribution in [2.24, 2.45) is 5.92 Å². The van der Waals surface area contributed by atoms with E-state index in [-0.39, 0.29) is 23.6 Å². The molecule has 1 atom stereocenters. The molecule has 1 aliphatic heterocycles. The lowest BCUT2D eigenvalue weighted by molar-refractivity contribution is -0.137. The number of nitrogens with one attached hydrogen (secondary N) is 1. The summed E-state index contributed by atoms with van der Waals surface area (Å²) < 4.78 is 0. The van der Waals surface area contributed by atoms with Gasteiger partial charge in [-0.1, -0.05) is 25.0 Å². The fraction of sp³-hybridized carbons (Fsp3) is 0.625. The Kier molecular flexibility index (Phi) is 5.25. The molecule has 5 rings (SSSR count). The topological polar surface area (TPSA) is 69.7 Å². The minimum atomic E-state index is -0.206. The molecule has 160 valence electrons. The van der Waals surface area contributed by atoms with Crippen molar-refractivity contribution in [1.82, 2.24) is 15.1 Å². The van der Waals surface area contributed by atoms with Gasteiger partial charge in [0.25, 0.3) is 5.91 Å². The molecule has 1 heterocycles. The molecule has 1 aromatic carbocycles. The highest BCUT2D eigenvalue weighted by Gasteiger charge is 2.43. The summed E-state index contributed by atoms with van der Waals surface area (Å²) in [4.78, 5) is 42.0. The maximum atomic E-state index is 13.3. The summed E-state index contributed by atoms with van der Waals surface area (Å²) in [5, 5.41) is 3.01. The first-order valence-electron chi connectivity index (χ1n) is 11.6. The minimum Gasteiger partial charge on any atom is -0.349 e. The van der Waals surface area contributed by atoms with E-state index >= 15 is 0 Å². The summed E-state index contributed by atoms with van der Waals surface area (Å²) in [6.45, 7) is 1.15. The van der Waals surface area contributed by atoms with E-state index in [0.717, 1.165) is 44.1 Å². The van der Waals surface area contributed by atoms with Crippen molar-refractivity contribution in [2.45, 2.75) is 82.5 Å². The molecule has 6 nitrogen and oxygen atoms in total. The molecular weight excluding hydrogens is 378 g/mol. The van der Waals surface area contributed by atoms with Gasteiger partial charge in [0.05, 0.1) is 5.92 Å². The van der Waals surface area contributed by atoms with Gasteiger partial charge in [-0.2, -0.15) is 0 Å². The van der Waals surface area contributed by atoms with Crippen LogP contribution in [0, 0.1) is 5.92 Å². The molecule has 6 heteroatoms. The summed E-state index contributed by atoms with van der Waals surface area (Å²) in [6, 6.07) is 8.60. The molecule has 0 radical (unpaired) electrons. The molecule has 4 aliphatic rings. The second-order valence-corrected chi connectivity index (χ2v) is 9.53. The number of rotatable bonds is 7. The van der Waals surface area contributed by atoms with Crippen molar-refractivity contribution in [1.29, 1.82) is 0 Å². The Morgan fingerprint density at radius 3 is 2.33 bits per heavy atom. The maximum absolute atomic E-state index is 13.3. The summed E-state index contributed by atoms with van der Waals surface area (Å²) >= 11 is 0. The number of likely N-dealkylation sites (tertiary alicyclic amines) is 1. The third-order valence-corrected chi connectivity index (χ3v) is 7.03. The van der Waals surface area contributed by atoms with E-state index < -0.39 is 0 Å². The maximum Gasteiger partial charge on any atom is 0.251 e. The Bertz CT molecular complexity index is 823. The molecule has 3 amide bonds. The Balaban J connectivity index is 1.22. The van der Waals surface area contributed by atoms with Gasteiger partial charge in [-0.15, -0.1) is 0 Å². The van der Waals surface area contributed by atoms with E-state index in [2.05, 4.69) is 5.32 Å². The molecule has 1 saturated heterocycles. The van der Waals surface area contributed by atoms with Crippen LogP contribution in [-0.4, -0.2) is 52.2 Å². The van der Waals surface area contributed by atoms with Crippen molar-refractivity contribution in [3.8, 4) is 0 Å². The first kappa shape index (κ1) is 19.6.